The van der Waals surface area contributed by atoms with Crippen molar-refractivity contribution in [2.45, 2.75) is 32.2 Å². The molecule has 0 spiro atoms. The van der Waals surface area contributed by atoms with E-state index < -0.39 is 0 Å². The number of rotatable bonds is 3. The maximum absolute atomic E-state index is 4.31. The molecule has 0 aromatic carbocycles. The molecule has 0 radical (unpaired) electrons. The van der Waals surface area contributed by atoms with Gasteiger partial charge in [0.15, 0.2) is 0 Å². The summed E-state index contributed by atoms with van der Waals surface area (Å²) in [4.78, 5) is 6.88. The van der Waals surface area contributed by atoms with Crippen LogP contribution in [0.4, 0.5) is 0 Å². The number of halogens is 1. The molecule has 1 atom stereocenters. The maximum Gasteiger partial charge on any atom is 0.110 e. The van der Waals surface area contributed by atoms with E-state index in [0.29, 0.717) is 6.04 Å². The molecule has 0 bridgehead atoms. The van der Waals surface area contributed by atoms with E-state index in [4.69, 9.17) is 0 Å². The molecule has 2 heterocycles. The van der Waals surface area contributed by atoms with E-state index in [1.54, 1.807) is 0 Å². The van der Waals surface area contributed by atoms with Gasteiger partial charge >= 0.3 is 0 Å². The van der Waals surface area contributed by atoms with E-state index in [9.17, 15) is 0 Å². The summed E-state index contributed by atoms with van der Waals surface area (Å²) in [6.07, 6.45) is 5.65. The van der Waals surface area contributed by atoms with Crippen molar-refractivity contribution < 1.29 is 0 Å². The molecule has 1 aliphatic rings. The molecular weight excluding hydrogens is 252 g/mol. The van der Waals surface area contributed by atoms with Crippen LogP contribution in [0.15, 0.2) is 22.9 Å². The number of hydrogen-bond donors (Lipinski definition) is 0. The Balaban J connectivity index is 2.19. The fraction of sp³-hybridized carbons (Fsp3) is 0.583. The minimum atomic E-state index is 0.577. The predicted octanol–water partition coefficient (Wildman–Crippen LogP) is 3.39. The zero-order valence-corrected chi connectivity index (χ0v) is 10.7. The average molecular weight is 269 g/mol. The van der Waals surface area contributed by atoms with Crippen LogP contribution in [0, 0.1) is 0 Å². The summed E-state index contributed by atoms with van der Waals surface area (Å²) in [7, 11) is 0. The molecule has 0 aliphatic carbocycles. The van der Waals surface area contributed by atoms with Crippen LogP contribution >= 0.6 is 15.9 Å². The fourth-order valence-corrected chi connectivity index (χ4v) is 2.89. The van der Waals surface area contributed by atoms with E-state index in [-0.39, 0.29) is 0 Å². The van der Waals surface area contributed by atoms with E-state index >= 15 is 0 Å². The SMILES string of the molecule is CCCN1CCC[C@@H]1c1cccnc1Br. The fourth-order valence-electron chi connectivity index (χ4n) is 2.38. The summed E-state index contributed by atoms with van der Waals surface area (Å²) >= 11 is 3.55. The van der Waals surface area contributed by atoms with Crippen molar-refractivity contribution in [1.82, 2.24) is 9.88 Å². The second-order valence-electron chi connectivity index (χ2n) is 4.08. The first-order chi connectivity index (χ1) is 7.33. The monoisotopic (exact) mass is 268 g/mol. The Hall–Kier alpha value is -0.410. The lowest BCUT2D eigenvalue weighted by molar-refractivity contribution is 0.257. The van der Waals surface area contributed by atoms with E-state index in [2.05, 4.69) is 38.8 Å². The van der Waals surface area contributed by atoms with Crippen LogP contribution in [0.3, 0.4) is 0 Å². The van der Waals surface area contributed by atoms with Gasteiger partial charge in [0, 0.05) is 17.8 Å². The lowest BCUT2D eigenvalue weighted by Gasteiger charge is -2.24. The van der Waals surface area contributed by atoms with Crippen LogP contribution in [0.5, 0.6) is 0 Å². The summed E-state index contributed by atoms with van der Waals surface area (Å²) in [6, 6.07) is 4.80. The molecule has 3 heteroatoms. The zero-order valence-electron chi connectivity index (χ0n) is 9.12. The smallest absolute Gasteiger partial charge is 0.110 e. The van der Waals surface area contributed by atoms with Crippen molar-refractivity contribution >= 4 is 15.9 Å². The molecular formula is C12H17BrN2. The molecule has 0 saturated carbocycles. The van der Waals surface area contributed by atoms with E-state index in [0.717, 1.165) is 4.60 Å². The molecule has 2 nitrogen and oxygen atoms in total. The zero-order chi connectivity index (χ0) is 10.7. The minimum absolute atomic E-state index is 0.577. The van der Waals surface area contributed by atoms with Gasteiger partial charge in [-0.3, -0.25) is 4.90 Å². The molecule has 1 fully saturated rings. The molecule has 82 valence electrons. The Kier molecular flexibility index (Phi) is 3.76. The first kappa shape index (κ1) is 11.1. The highest BCUT2D eigenvalue weighted by Gasteiger charge is 2.26. The summed E-state index contributed by atoms with van der Waals surface area (Å²) < 4.78 is 1.01. The molecule has 1 aromatic rings. The molecule has 1 aromatic heterocycles. The van der Waals surface area contributed by atoms with Gasteiger partial charge in [0.1, 0.15) is 4.60 Å². The third kappa shape index (κ3) is 2.40. The Bertz CT molecular complexity index is 327. The Morgan fingerprint density at radius 1 is 1.60 bits per heavy atom. The molecule has 0 unspecified atom stereocenters. The minimum Gasteiger partial charge on any atom is -0.296 e. The van der Waals surface area contributed by atoms with Crippen molar-refractivity contribution in [2.75, 3.05) is 13.1 Å². The van der Waals surface area contributed by atoms with Crippen LogP contribution in [0.25, 0.3) is 0 Å². The Labute approximate surface area is 99.8 Å². The van der Waals surface area contributed by atoms with Crippen LogP contribution in [0.1, 0.15) is 37.8 Å². The van der Waals surface area contributed by atoms with Gasteiger partial charge in [-0.1, -0.05) is 13.0 Å². The third-order valence-corrected chi connectivity index (χ3v) is 3.68. The molecule has 0 amide bonds. The molecule has 15 heavy (non-hydrogen) atoms. The largest absolute Gasteiger partial charge is 0.296 e. The molecule has 1 aliphatic heterocycles. The number of hydrogen-bond acceptors (Lipinski definition) is 2. The Morgan fingerprint density at radius 2 is 2.47 bits per heavy atom. The highest BCUT2D eigenvalue weighted by Crippen LogP contribution is 2.34. The summed E-state index contributed by atoms with van der Waals surface area (Å²) in [5, 5.41) is 0. The van der Waals surface area contributed by atoms with E-state index in [1.165, 1.54) is 37.9 Å². The topological polar surface area (TPSA) is 16.1 Å². The van der Waals surface area contributed by atoms with Gasteiger partial charge in [0.25, 0.3) is 0 Å². The number of nitrogens with zero attached hydrogens (tertiary/aromatic N) is 2. The molecule has 2 rings (SSSR count). The van der Waals surface area contributed by atoms with Crippen LogP contribution < -0.4 is 0 Å². The van der Waals surface area contributed by atoms with Gasteiger partial charge < -0.3 is 0 Å². The van der Waals surface area contributed by atoms with Crippen molar-refractivity contribution in [3.05, 3.63) is 28.5 Å². The second kappa shape index (κ2) is 5.08. The number of aromatic nitrogens is 1. The van der Waals surface area contributed by atoms with Crippen LogP contribution in [-0.2, 0) is 0 Å². The highest BCUT2D eigenvalue weighted by molar-refractivity contribution is 9.10. The van der Waals surface area contributed by atoms with Gasteiger partial charge in [-0.15, -0.1) is 0 Å². The van der Waals surface area contributed by atoms with Crippen molar-refractivity contribution in [1.29, 1.82) is 0 Å². The molecule has 0 N–H and O–H groups in total. The third-order valence-electron chi connectivity index (χ3n) is 3.02. The number of pyridine rings is 1. The predicted molar refractivity (Wildman–Crippen MR) is 65.8 cm³/mol. The lowest BCUT2D eigenvalue weighted by Crippen LogP contribution is -2.24. The maximum atomic E-state index is 4.31. The van der Waals surface area contributed by atoms with Gasteiger partial charge in [-0.2, -0.15) is 0 Å². The van der Waals surface area contributed by atoms with Crippen LogP contribution in [0.2, 0.25) is 0 Å². The Morgan fingerprint density at radius 3 is 3.20 bits per heavy atom. The summed E-state index contributed by atoms with van der Waals surface area (Å²) in [5.74, 6) is 0. The molecule has 1 saturated heterocycles. The number of likely N-dealkylation sites (tertiary alicyclic amines) is 1. The van der Waals surface area contributed by atoms with Crippen LogP contribution in [-0.4, -0.2) is 23.0 Å². The normalized spacial score (nSPS) is 22.1. The summed E-state index contributed by atoms with van der Waals surface area (Å²) in [5.41, 5.74) is 1.35. The first-order valence-electron chi connectivity index (χ1n) is 5.67. The van der Waals surface area contributed by atoms with Gasteiger partial charge in [-0.25, -0.2) is 4.98 Å². The van der Waals surface area contributed by atoms with E-state index in [1.807, 2.05) is 12.3 Å². The lowest BCUT2D eigenvalue weighted by atomic mass is 10.1. The first-order valence-corrected chi connectivity index (χ1v) is 6.46. The quantitative estimate of drug-likeness (QED) is 0.782. The van der Waals surface area contributed by atoms with Crippen molar-refractivity contribution in [3.63, 3.8) is 0 Å². The average Bonchev–Trinajstić information content (AvgIpc) is 2.67. The van der Waals surface area contributed by atoms with Gasteiger partial charge in [0.2, 0.25) is 0 Å². The standard InChI is InChI=1S/C12H17BrN2/c1-2-8-15-9-4-6-11(15)10-5-3-7-14-12(10)13/h3,5,7,11H,2,4,6,8-9H2,1H3/t11-/m1/s1. The summed E-state index contributed by atoms with van der Waals surface area (Å²) in [6.45, 7) is 4.68. The van der Waals surface area contributed by atoms with Crippen molar-refractivity contribution in [2.24, 2.45) is 0 Å². The second-order valence-corrected chi connectivity index (χ2v) is 4.83. The van der Waals surface area contributed by atoms with Gasteiger partial charge in [0.05, 0.1) is 0 Å². The van der Waals surface area contributed by atoms with Crippen molar-refractivity contribution in [3.8, 4) is 0 Å². The highest BCUT2D eigenvalue weighted by atomic mass is 79.9. The van der Waals surface area contributed by atoms with Gasteiger partial charge in [-0.05, 0) is 54.3 Å².